The Labute approximate surface area is 181 Å². The number of carbonyl (C=O) groups is 2. The smallest absolute Gasteiger partial charge is 0.257 e. The van der Waals surface area contributed by atoms with Gasteiger partial charge in [-0.2, -0.15) is 5.10 Å². The maximum Gasteiger partial charge on any atom is 0.257 e. The number of hydrogen-bond donors (Lipinski definition) is 1. The van der Waals surface area contributed by atoms with Gasteiger partial charge in [0.05, 0.1) is 29.7 Å². The molecule has 0 aliphatic carbocycles. The van der Waals surface area contributed by atoms with Gasteiger partial charge in [-0.25, -0.2) is 9.07 Å². The second-order valence-electron chi connectivity index (χ2n) is 7.56. The number of rotatable bonds is 4. The summed E-state index contributed by atoms with van der Waals surface area (Å²) >= 11 is 0. The normalized spacial score (nSPS) is 19.5. The lowest BCUT2D eigenvalue weighted by Crippen LogP contribution is -2.57. The fourth-order valence-corrected chi connectivity index (χ4v) is 4.27. The number of nitrogens with zero attached hydrogens (tertiary/aromatic N) is 4. The standard InChI is InChI=1S/C21H26FN5O2.ClH/c1-2-19-18(12-24-27(19)16-7-5-15(22)6-8-16)21(29)25-10-3-4-17(14-25)26-11-9-23-13-20(26)28;/h5-8,12,17,23H,2-4,9-11,13-14H2,1H3;1H. The van der Waals surface area contributed by atoms with E-state index in [1.54, 1.807) is 23.0 Å². The molecule has 1 aromatic carbocycles. The molecular formula is C21H27ClFN5O2. The maximum absolute atomic E-state index is 13.3. The van der Waals surface area contributed by atoms with Crippen molar-refractivity contribution in [1.82, 2.24) is 24.9 Å². The van der Waals surface area contributed by atoms with E-state index >= 15 is 0 Å². The summed E-state index contributed by atoms with van der Waals surface area (Å²) in [6, 6.07) is 6.15. The molecule has 30 heavy (non-hydrogen) atoms. The summed E-state index contributed by atoms with van der Waals surface area (Å²) in [6.07, 6.45) is 4.03. The number of piperidine rings is 1. The Morgan fingerprint density at radius 2 is 2.03 bits per heavy atom. The number of halogens is 2. The molecule has 1 unspecified atom stereocenters. The van der Waals surface area contributed by atoms with E-state index in [-0.39, 0.29) is 36.1 Å². The van der Waals surface area contributed by atoms with Crippen LogP contribution in [0.4, 0.5) is 4.39 Å². The third-order valence-corrected chi connectivity index (χ3v) is 5.76. The maximum atomic E-state index is 13.3. The SMILES string of the molecule is CCc1c(C(=O)N2CCCC(N3CCNCC3=O)C2)cnn1-c1ccc(F)cc1.Cl. The van der Waals surface area contributed by atoms with Gasteiger partial charge in [-0.05, 0) is 43.5 Å². The van der Waals surface area contributed by atoms with Crippen molar-refractivity contribution in [3.05, 3.63) is 47.5 Å². The van der Waals surface area contributed by atoms with E-state index in [2.05, 4.69) is 10.4 Å². The Hall–Kier alpha value is -2.45. The number of benzene rings is 1. The van der Waals surface area contributed by atoms with Crippen LogP contribution in [0.25, 0.3) is 5.69 Å². The predicted octanol–water partition coefficient (Wildman–Crippen LogP) is 2.03. The zero-order chi connectivity index (χ0) is 20.4. The minimum absolute atomic E-state index is 0. The summed E-state index contributed by atoms with van der Waals surface area (Å²) in [5, 5.41) is 7.49. The van der Waals surface area contributed by atoms with Crippen molar-refractivity contribution in [3.8, 4) is 5.69 Å². The summed E-state index contributed by atoms with van der Waals surface area (Å²) in [4.78, 5) is 29.3. The van der Waals surface area contributed by atoms with E-state index in [0.717, 1.165) is 30.8 Å². The van der Waals surface area contributed by atoms with Crippen LogP contribution in [0.3, 0.4) is 0 Å². The quantitative estimate of drug-likeness (QED) is 0.797. The van der Waals surface area contributed by atoms with Crippen LogP contribution >= 0.6 is 12.4 Å². The van der Waals surface area contributed by atoms with Gasteiger partial charge in [0, 0.05) is 32.2 Å². The number of hydrogen-bond acceptors (Lipinski definition) is 4. The van der Waals surface area contributed by atoms with Crippen LogP contribution in [-0.4, -0.2) is 70.2 Å². The van der Waals surface area contributed by atoms with E-state index in [9.17, 15) is 14.0 Å². The fraction of sp³-hybridized carbons (Fsp3) is 0.476. The van der Waals surface area contributed by atoms with Crippen molar-refractivity contribution in [1.29, 1.82) is 0 Å². The van der Waals surface area contributed by atoms with Gasteiger partial charge in [-0.3, -0.25) is 9.59 Å². The largest absolute Gasteiger partial charge is 0.336 e. The zero-order valence-electron chi connectivity index (χ0n) is 17.0. The van der Waals surface area contributed by atoms with Crippen molar-refractivity contribution in [2.75, 3.05) is 32.7 Å². The number of piperazine rings is 1. The van der Waals surface area contributed by atoms with E-state index in [1.807, 2.05) is 16.7 Å². The van der Waals surface area contributed by atoms with E-state index in [0.29, 0.717) is 38.2 Å². The third kappa shape index (κ3) is 4.34. The molecule has 9 heteroatoms. The van der Waals surface area contributed by atoms with Gasteiger partial charge in [-0.1, -0.05) is 6.92 Å². The molecule has 2 aliphatic rings. The molecule has 1 N–H and O–H groups in total. The molecule has 0 radical (unpaired) electrons. The number of likely N-dealkylation sites (tertiary alicyclic amines) is 1. The predicted molar refractivity (Wildman–Crippen MR) is 114 cm³/mol. The van der Waals surface area contributed by atoms with Gasteiger partial charge < -0.3 is 15.1 Å². The number of aromatic nitrogens is 2. The fourth-order valence-electron chi connectivity index (χ4n) is 4.27. The van der Waals surface area contributed by atoms with Gasteiger partial charge in [0.1, 0.15) is 5.82 Å². The monoisotopic (exact) mass is 435 g/mol. The average molecular weight is 436 g/mol. The van der Waals surface area contributed by atoms with E-state index in [4.69, 9.17) is 0 Å². The average Bonchev–Trinajstić information content (AvgIpc) is 3.18. The summed E-state index contributed by atoms with van der Waals surface area (Å²) < 4.78 is 15.0. The molecule has 1 atom stereocenters. The molecule has 4 rings (SSSR count). The summed E-state index contributed by atoms with van der Waals surface area (Å²) in [6.45, 7) is 5.06. The highest BCUT2D eigenvalue weighted by molar-refractivity contribution is 5.95. The first-order valence-electron chi connectivity index (χ1n) is 10.2. The first-order valence-corrected chi connectivity index (χ1v) is 10.2. The lowest BCUT2D eigenvalue weighted by atomic mass is 10.0. The Bertz CT molecular complexity index is 901. The Morgan fingerprint density at radius 1 is 1.27 bits per heavy atom. The number of carbonyl (C=O) groups excluding carboxylic acids is 2. The van der Waals surface area contributed by atoms with Crippen LogP contribution in [0, 0.1) is 5.82 Å². The Kier molecular flexibility index (Phi) is 7.10. The van der Waals surface area contributed by atoms with Gasteiger partial charge in [0.15, 0.2) is 0 Å². The lowest BCUT2D eigenvalue weighted by molar-refractivity contribution is -0.135. The molecule has 2 aliphatic heterocycles. The molecule has 2 saturated heterocycles. The van der Waals surface area contributed by atoms with Gasteiger partial charge in [0.25, 0.3) is 5.91 Å². The summed E-state index contributed by atoms with van der Waals surface area (Å²) in [5.41, 5.74) is 2.11. The van der Waals surface area contributed by atoms with Gasteiger partial charge in [-0.15, -0.1) is 12.4 Å². The van der Waals surface area contributed by atoms with Crippen molar-refractivity contribution in [3.63, 3.8) is 0 Å². The van der Waals surface area contributed by atoms with E-state index in [1.165, 1.54) is 12.1 Å². The van der Waals surface area contributed by atoms with Crippen LogP contribution in [0.1, 0.15) is 35.8 Å². The minimum Gasteiger partial charge on any atom is -0.336 e. The molecular weight excluding hydrogens is 409 g/mol. The molecule has 3 heterocycles. The zero-order valence-corrected chi connectivity index (χ0v) is 17.8. The first-order chi connectivity index (χ1) is 14.1. The van der Waals surface area contributed by atoms with Crippen molar-refractivity contribution < 1.29 is 14.0 Å². The highest BCUT2D eigenvalue weighted by atomic mass is 35.5. The molecule has 2 fully saturated rings. The van der Waals surface area contributed by atoms with E-state index < -0.39 is 0 Å². The van der Waals surface area contributed by atoms with Crippen molar-refractivity contribution in [2.45, 2.75) is 32.2 Å². The second-order valence-corrected chi connectivity index (χ2v) is 7.56. The molecule has 0 saturated carbocycles. The Morgan fingerprint density at radius 3 is 2.73 bits per heavy atom. The number of nitrogens with one attached hydrogen (secondary N) is 1. The van der Waals surface area contributed by atoms with Crippen molar-refractivity contribution in [2.24, 2.45) is 0 Å². The lowest BCUT2D eigenvalue weighted by Gasteiger charge is -2.41. The first kappa shape index (κ1) is 22.2. The molecule has 0 spiro atoms. The molecule has 1 aromatic heterocycles. The van der Waals surface area contributed by atoms with Crippen LogP contribution in [0.5, 0.6) is 0 Å². The van der Waals surface area contributed by atoms with Crippen LogP contribution < -0.4 is 5.32 Å². The highest BCUT2D eigenvalue weighted by Gasteiger charge is 2.33. The van der Waals surface area contributed by atoms with Gasteiger partial charge >= 0.3 is 0 Å². The third-order valence-electron chi connectivity index (χ3n) is 5.76. The van der Waals surface area contributed by atoms with Crippen molar-refractivity contribution >= 4 is 24.2 Å². The molecule has 2 aromatic rings. The topological polar surface area (TPSA) is 70.5 Å². The highest BCUT2D eigenvalue weighted by Crippen LogP contribution is 2.22. The van der Waals surface area contributed by atoms with Crippen LogP contribution in [0.15, 0.2) is 30.5 Å². The number of amides is 2. The van der Waals surface area contributed by atoms with Crippen LogP contribution in [0.2, 0.25) is 0 Å². The second kappa shape index (κ2) is 9.57. The molecule has 162 valence electrons. The van der Waals surface area contributed by atoms with Gasteiger partial charge in [0.2, 0.25) is 5.91 Å². The molecule has 2 amide bonds. The molecule has 0 bridgehead atoms. The molecule has 7 nitrogen and oxygen atoms in total. The summed E-state index contributed by atoms with van der Waals surface area (Å²) in [5.74, 6) is -0.256. The van der Waals surface area contributed by atoms with Crippen LogP contribution in [-0.2, 0) is 11.2 Å². The minimum atomic E-state index is -0.308. The Balaban J connectivity index is 0.00000256. The summed E-state index contributed by atoms with van der Waals surface area (Å²) in [7, 11) is 0.